The smallest absolute Gasteiger partial charge is 0.203 e. The van der Waals surface area contributed by atoms with E-state index < -0.39 is 11.6 Å². The quantitative estimate of drug-likeness (QED) is 0.865. The van der Waals surface area contributed by atoms with Gasteiger partial charge in [0.1, 0.15) is 11.6 Å². The summed E-state index contributed by atoms with van der Waals surface area (Å²) in [7, 11) is 0. The van der Waals surface area contributed by atoms with Gasteiger partial charge < -0.3 is 9.88 Å². The molecule has 0 fully saturated rings. The Morgan fingerprint density at radius 3 is 2.95 bits per heavy atom. The predicted molar refractivity (Wildman–Crippen MR) is 70.8 cm³/mol. The summed E-state index contributed by atoms with van der Waals surface area (Å²) in [5, 5.41) is 3.03. The average Bonchev–Trinajstić information content (AvgIpc) is 2.85. The van der Waals surface area contributed by atoms with Crippen molar-refractivity contribution in [1.29, 1.82) is 0 Å². The topological polar surface area (TPSA) is 29.9 Å². The number of hydrogen-bond acceptors (Lipinski definition) is 2. The Balaban J connectivity index is 2.02. The lowest BCUT2D eigenvalue weighted by Crippen LogP contribution is -2.08. The van der Waals surface area contributed by atoms with Crippen molar-refractivity contribution in [2.45, 2.75) is 32.9 Å². The van der Waals surface area contributed by atoms with Gasteiger partial charge in [-0.15, -0.1) is 0 Å². The highest BCUT2D eigenvalue weighted by molar-refractivity contribution is 5.29. The first-order valence-electron chi connectivity index (χ1n) is 6.39. The van der Waals surface area contributed by atoms with Gasteiger partial charge in [-0.3, -0.25) is 0 Å². The number of aromatic nitrogens is 2. The fraction of sp³-hybridized carbons (Fsp3) is 0.357. The van der Waals surface area contributed by atoms with E-state index in [1.165, 1.54) is 6.07 Å². The van der Waals surface area contributed by atoms with E-state index in [0.717, 1.165) is 31.5 Å². The molecule has 5 heteroatoms. The van der Waals surface area contributed by atoms with Gasteiger partial charge in [0, 0.05) is 31.0 Å². The van der Waals surface area contributed by atoms with Gasteiger partial charge in [0.25, 0.3) is 0 Å². The Kier molecular flexibility index (Phi) is 4.49. The molecule has 102 valence electrons. The van der Waals surface area contributed by atoms with Crippen molar-refractivity contribution in [3.8, 4) is 0 Å². The summed E-state index contributed by atoms with van der Waals surface area (Å²) in [6.45, 7) is 3.20. The van der Waals surface area contributed by atoms with Gasteiger partial charge in [0.15, 0.2) is 0 Å². The second-order valence-corrected chi connectivity index (χ2v) is 4.39. The molecule has 1 N–H and O–H groups in total. The molecule has 0 atom stereocenters. The molecule has 0 saturated heterocycles. The number of anilines is 1. The molecule has 0 unspecified atom stereocenters. The van der Waals surface area contributed by atoms with Crippen LogP contribution in [0.5, 0.6) is 0 Å². The summed E-state index contributed by atoms with van der Waals surface area (Å²) in [6.07, 6.45) is 5.72. The molecule has 1 heterocycles. The number of rotatable bonds is 6. The van der Waals surface area contributed by atoms with Crippen molar-refractivity contribution in [2.24, 2.45) is 0 Å². The highest BCUT2D eigenvalue weighted by atomic mass is 19.1. The first kappa shape index (κ1) is 13.5. The summed E-state index contributed by atoms with van der Waals surface area (Å²) in [6, 6.07) is 3.44. The Morgan fingerprint density at radius 2 is 2.16 bits per heavy atom. The van der Waals surface area contributed by atoms with Gasteiger partial charge in [0.05, 0.1) is 0 Å². The number of halogens is 2. The first-order valence-corrected chi connectivity index (χ1v) is 6.39. The van der Waals surface area contributed by atoms with E-state index in [1.807, 2.05) is 10.8 Å². The summed E-state index contributed by atoms with van der Waals surface area (Å²) >= 11 is 0. The zero-order valence-electron chi connectivity index (χ0n) is 10.9. The Labute approximate surface area is 111 Å². The number of imidazole rings is 1. The van der Waals surface area contributed by atoms with E-state index in [2.05, 4.69) is 17.2 Å². The maximum absolute atomic E-state index is 13.5. The Morgan fingerprint density at radius 1 is 1.32 bits per heavy atom. The summed E-state index contributed by atoms with van der Waals surface area (Å²) in [4.78, 5) is 4.17. The van der Waals surface area contributed by atoms with Crippen LogP contribution in [-0.2, 0) is 13.1 Å². The molecular formula is C14H17F2N3. The molecule has 0 amide bonds. The molecule has 0 radical (unpaired) electrons. The number of unbranched alkanes of at least 4 members (excludes halogenated alkanes) is 1. The zero-order valence-corrected chi connectivity index (χ0v) is 10.9. The Bertz CT molecular complexity index is 537. The molecule has 2 rings (SSSR count). The molecule has 3 nitrogen and oxygen atoms in total. The van der Waals surface area contributed by atoms with Crippen LogP contribution in [-0.4, -0.2) is 9.55 Å². The third-order valence-corrected chi connectivity index (χ3v) is 2.91. The monoisotopic (exact) mass is 265 g/mol. The molecule has 0 spiro atoms. The predicted octanol–water partition coefficient (Wildman–Crippen LogP) is 3.57. The van der Waals surface area contributed by atoms with Crippen LogP contribution in [0, 0.1) is 11.6 Å². The van der Waals surface area contributed by atoms with Crippen molar-refractivity contribution in [3.05, 3.63) is 47.8 Å². The van der Waals surface area contributed by atoms with E-state index >= 15 is 0 Å². The highest BCUT2D eigenvalue weighted by Crippen LogP contribution is 2.13. The number of hydrogen-bond donors (Lipinski definition) is 1. The van der Waals surface area contributed by atoms with Crippen molar-refractivity contribution >= 4 is 5.95 Å². The molecule has 1 aromatic heterocycles. The van der Waals surface area contributed by atoms with E-state index in [1.54, 1.807) is 6.20 Å². The molecule has 0 aliphatic rings. The number of nitrogens with one attached hydrogen (secondary N) is 1. The maximum atomic E-state index is 13.5. The molecule has 0 bridgehead atoms. The van der Waals surface area contributed by atoms with Gasteiger partial charge in [-0.05, 0) is 24.6 Å². The van der Waals surface area contributed by atoms with Crippen LogP contribution in [0.15, 0.2) is 30.6 Å². The third-order valence-electron chi connectivity index (χ3n) is 2.91. The van der Waals surface area contributed by atoms with Gasteiger partial charge in [-0.25, -0.2) is 13.8 Å². The second kappa shape index (κ2) is 6.31. The SMILES string of the molecule is CCCCn1ccnc1NCc1cc(F)ccc1F. The fourth-order valence-electron chi connectivity index (χ4n) is 1.84. The number of aryl methyl sites for hydroxylation is 1. The van der Waals surface area contributed by atoms with Gasteiger partial charge in [-0.1, -0.05) is 13.3 Å². The van der Waals surface area contributed by atoms with Gasteiger partial charge in [-0.2, -0.15) is 0 Å². The zero-order chi connectivity index (χ0) is 13.7. The van der Waals surface area contributed by atoms with Crippen molar-refractivity contribution in [2.75, 3.05) is 5.32 Å². The van der Waals surface area contributed by atoms with Crippen LogP contribution >= 0.6 is 0 Å². The van der Waals surface area contributed by atoms with Gasteiger partial charge in [0.2, 0.25) is 5.95 Å². The molecule has 19 heavy (non-hydrogen) atoms. The lowest BCUT2D eigenvalue weighted by molar-refractivity contribution is 0.586. The summed E-state index contributed by atoms with van der Waals surface area (Å²) in [5.41, 5.74) is 0.296. The van der Waals surface area contributed by atoms with Crippen LogP contribution in [0.3, 0.4) is 0 Å². The largest absolute Gasteiger partial charge is 0.351 e. The van der Waals surface area contributed by atoms with E-state index in [-0.39, 0.29) is 6.54 Å². The third kappa shape index (κ3) is 3.53. The normalized spacial score (nSPS) is 10.7. The van der Waals surface area contributed by atoms with Crippen LogP contribution in [0.25, 0.3) is 0 Å². The number of nitrogens with zero attached hydrogens (tertiary/aromatic N) is 2. The lowest BCUT2D eigenvalue weighted by Gasteiger charge is -2.10. The van der Waals surface area contributed by atoms with Crippen LogP contribution in [0.1, 0.15) is 25.3 Å². The average molecular weight is 265 g/mol. The number of benzene rings is 1. The maximum Gasteiger partial charge on any atom is 0.203 e. The summed E-state index contributed by atoms with van der Waals surface area (Å²) in [5.74, 6) is -0.176. The minimum Gasteiger partial charge on any atom is -0.351 e. The molecule has 0 saturated carbocycles. The summed E-state index contributed by atoms with van der Waals surface area (Å²) < 4.78 is 28.5. The minimum atomic E-state index is -0.437. The molecule has 1 aromatic carbocycles. The molecule has 0 aliphatic carbocycles. The second-order valence-electron chi connectivity index (χ2n) is 4.39. The molecule has 0 aliphatic heterocycles. The lowest BCUT2D eigenvalue weighted by atomic mass is 10.2. The Hall–Kier alpha value is -1.91. The van der Waals surface area contributed by atoms with Gasteiger partial charge >= 0.3 is 0 Å². The van der Waals surface area contributed by atoms with Crippen LogP contribution < -0.4 is 5.32 Å². The van der Waals surface area contributed by atoms with E-state index in [0.29, 0.717) is 11.5 Å². The van der Waals surface area contributed by atoms with Crippen molar-refractivity contribution in [3.63, 3.8) is 0 Å². The van der Waals surface area contributed by atoms with Crippen molar-refractivity contribution < 1.29 is 8.78 Å². The molecule has 2 aromatic rings. The first-order chi connectivity index (χ1) is 9.20. The minimum absolute atomic E-state index is 0.215. The van der Waals surface area contributed by atoms with Crippen LogP contribution in [0.2, 0.25) is 0 Å². The van der Waals surface area contributed by atoms with Crippen LogP contribution in [0.4, 0.5) is 14.7 Å². The standard InChI is InChI=1S/C14H17F2N3/c1-2-3-7-19-8-6-17-14(19)18-10-11-9-12(15)4-5-13(11)16/h4-6,8-9H,2-3,7,10H2,1H3,(H,17,18). The van der Waals surface area contributed by atoms with E-state index in [4.69, 9.17) is 0 Å². The van der Waals surface area contributed by atoms with Crippen molar-refractivity contribution in [1.82, 2.24) is 9.55 Å². The fourth-order valence-corrected chi connectivity index (χ4v) is 1.84. The van der Waals surface area contributed by atoms with E-state index in [9.17, 15) is 8.78 Å². The molecular weight excluding hydrogens is 248 g/mol. The highest BCUT2D eigenvalue weighted by Gasteiger charge is 2.06.